The fraction of sp³-hybridized carbons (Fsp3) is 0.308. The fourth-order valence-electron chi connectivity index (χ4n) is 2.09. The molecule has 0 aliphatic carbocycles. The van der Waals surface area contributed by atoms with Crippen LogP contribution < -0.4 is 16.0 Å². The van der Waals surface area contributed by atoms with Gasteiger partial charge in [-0.25, -0.2) is 4.79 Å². The van der Waals surface area contributed by atoms with E-state index in [2.05, 4.69) is 16.0 Å². The molecule has 0 spiro atoms. The van der Waals surface area contributed by atoms with Gasteiger partial charge in [0, 0.05) is 16.1 Å². The van der Waals surface area contributed by atoms with Crippen molar-refractivity contribution in [3.05, 3.63) is 33.8 Å². The number of hydrogen-bond acceptors (Lipinski definition) is 3. The van der Waals surface area contributed by atoms with Crippen LogP contribution in [0.4, 0.5) is 4.79 Å². The number of hydrogen-bond donors (Lipinski definition) is 3. The third-order valence-corrected chi connectivity index (χ3v) is 3.36. The molecule has 21 heavy (non-hydrogen) atoms. The molecule has 8 heteroatoms. The van der Waals surface area contributed by atoms with E-state index in [1.165, 1.54) is 18.2 Å². The molecule has 2 rings (SSSR count). The molecular weight excluding hydrogens is 317 g/mol. The molecular formula is C13H13Cl2N3O3. The first kappa shape index (κ1) is 15.6. The zero-order valence-electron chi connectivity index (χ0n) is 11.3. The first-order chi connectivity index (χ1) is 9.75. The van der Waals surface area contributed by atoms with E-state index in [1.54, 1.807) is 13.8 Å². The lowest BCUT2D eigenvalue weighted by atomic mass is 9.88. The maximum Gasteiger partial charge on any atom is 0.323 e. The van der Waals surface area contributed by atoms with Gasteiger partial charge in [0.05, 0.1) is 0 Å². The number of imide groups is 1. The van der Waals surface area contributed by atoms with Crippen molar-refractivity contribution >= 4 is 41.0 Å². The van der Waals surface area contributed by atoms with Crippen LogP contribution in [0.2, 0.25) is 10.0 Å². The molecule has 1 aromatic carbocycles. The first-order valence-corrected chi connectivity index (χ1v) is 6.92. The van der Waals surface area contributed by atoms with Crippen molar-refractivity contribution in [1.29, 1.82) is 0 Å². The van der Waals surface area contributed by atoms with Crippen LogP contribution in [0.25, 0.3) is 0 Å². The summed E-state index contributed by atoms with van der Waals surface area (Å²) in [6, 6.07) is 3.33. The summed E-state index contributed by atoms with van der Waals surface area (Å²) in [5.41, 5.74) is -1.68. The van der Waals surface area contributed by atoms with Crippen LogP contribution in [0, 0.1) is 0 Å². The number of carbonyl (C=O) groups excluding carboxylic acids is 3. The molecule has 0 radical (unpaired) electrons. The zero-order valence-corrected chi connectivity index (χ0v) is 12.8. The molecule has 1 aliphatic rings. The first-order valence-electron chi connectivity index (χ1n) is 6.17. The van der Waals surface area contributed by atoms with Gasteiger partial charge in [-0.15, -0.1) is 0 Å². The molecule has 0 saturated carbocycles. The van der Waals surface area contributed by atoms with Crippen LogP contribution in [0.15, 0.2) is 18.2 Å². The molecule has 1 aliphatic heterocycles. The lowest BCUT2D eigenvalue weighted by molar-refractivity contribution is -0.136. The highest BCUT2D eigenvalue weighted by Crippen LogP contribution is 2.30. The topological polar surface area (TPSA) is 87.3 Å². The van der Waals surface area contributed by atoms with Crippen molar-refractivity contribution in [1.82, 2.24) is 16.0 Å². The van der Waals surface area contributed by atoms with Gasteiger partial charge in [-0.3, -0.25) is 14.9 Å². The van der Waals surface area contributed by atoms with E-state index in [1.807, 2.05) is 0 Å². The Morgan fingerprint density at radius 2 is 1.76 bits per heavy atom. The number of amides is 4. The lowest BCUT2D eigenvalue weighted by Crippen LogP contribution is -2.57. The van der Waals surface area contributed by atoms with E-state index in [-0.39, 0.29) is 21.7 Å². The molecule has 1 atom stereocenters. The zero-order chi connectivity index (χ0) is 15.8. The van der Waals surface area contributed by atoms with E-state index < -0.39 is 23.4 Å². The average molecular weight is 330 g/mol. The number of nitrogens with one attached hydrogen (secondary N) is 3. The quantitative estimate of drug-likeness (QED) is 0.580. The summed E-state index contributed by atoms with van der Waals surface area (Å²) in [6.45, 7) is 3.48. The van der Waals surface area contributed by atoms with Crippen molar-refractivity contribution in [2.45, 2.75) is 25.4 Å². The third-order valence-electron chi connectivity index (χ3n) is 2.92. The van der Waals surface area contributed by atoms with Crippen molar-refractivity contribution in [3.63, 3.8) is 0 Å². The predicted octanol–water partition coefficient (Wildman–Crippen LogP) is 1.55. The van der Waals surface area contributed by atoms with Crippen LogP contribution in [-0.2, 0) is 15.1 Å². The Balaban J connectivity index is 2.58. The van der Waals surface area contributed by atoms with Gasteiger partial charge in [-0.1, -0.05) is 23.2 Å². The van der Waals surface area contributed by atoms with E-state index in [9.17, 15) is 14.4 Å². The van der Waals surface area contributed by atoms with Gasteiger partial charge in [0.1, 0.15) is 0 Å². The Morgan fingerprint density at radius 3 is 2.19 bits per heavy atom. The highest BCUT2D eigenvalue weighted by atomic mass is 35.5. The average Bonchev–Trinajstić information content (AvgIpc) is 2.63. The summed E-state index contributed by atoms with van der Waals surface area (Å²) in [5, 5.41) is 7.55. The van der Waals surface area contributed by atoms with Crippen molar-refractivity contribution < 1.29 is 14.4 Å². The van der Waals surface area contributed by atoms with Gasteiger partial charge in [0.15, 0.2) is 0 Å². The summed E-state index contributed by atoms with van der Waals surface area (Å²) in [4.78, 5) is 36.2. The van der Waals surface area contributed by atoms with E-state index >= 15 is 0 Å². The smallest absolute Gasteiger partial charge is 0.323 e. The molecule has 112 valence electrons. The second-order valence-electron chi connectivity index (χ2n) is 4.94. The monoisotopic (exact) mass is 329 g/mol. The largest absolute Gasteiger partial charge is 0.351 e. The maximum absolute atomic E-state index is 12.5. The number of benzene rings is 1. The Labute approximate surface area is 131 Å². The summed E-state index contributed by atoms with van der Waals surface area (Å²) in [5.74, 6) is -1.43. The predicted molar refractivity (Wildman–Crippen MR) is 78.1 cm³/mol. The van der Waals surface area contributed by atoms with Gasteiger partial charge < -0.3 is 10.6 Å². The van der Waals surface area contributed by atoms with Gasteiger partial charge >= 0.3 is 6.03 Å². The second kappa shape index (κ2) is 5.54. The van der Waals surface area contributed by atoms with Gasteiger partial charge in [0.2, 0.25) is 5.54 Å². The SMILES string of the molecule is CC(C)NC(=O)C1(c2cc(Cl)cc(Cl)c2)NC(=O)NC1=O. The van der Waals surface area contributed by atoms with Crippen molar-refractivity contribution in [3.8, 4) is 0 Å². The summed E-state index contributed by atoms with van der Waals surface area (Å²) < 4.78 is 0. The Hall–Kier alpha value is -1.79. The van der Waals surface area contributed by atoms with E-state index in [4.69, 9.17) is 23.2 Å². The lowest BCUT2D eigenvalue weighted by Gasteiger charge is -2.26. The molecule has 1 fully saturated rings. The van der Waals surface area contributed by atoms with Crippen LogP contribution in [0.5, 0.6) is 0 Å². The van der Waals surface area contributed by atoms with Crippen LogP contribution in [0.1, 0.15) is 19.4 Å². The van der Waals surface area contributed by atoms with Gasteiger partial charge in [-0.05, 0) is 37.6 Å². The third kappa shape index (κ3) is 2.82. The Bertz CT molecular complexity index is 613. The Kier molecular flexibility index (Phi) is 4.11. The van der Waals surface area contributed by atoms with Gasteiger partial charge in [-0.2, -0.15) is 0 Å². The minimum absolute atomic E-state index is 0.196. The summed E-state index contributed by atoms with van der Waals surface area (Å²) in [7, 11) is 0. The Morgan fingerprint density at radius 1 is 1.19 bits per heavy atom. The van der Waals surface area contributed by atoms with Gasteiger partial charge in [0.25, 0.3) is 11.8 Å². The summed E-state index contributed by atoms with van der Waals surface area (Å²) >= 11 is 11.8. The maximum atomic E-state index is 12.5. The number of carbonyl (C=O) groups is 3. The molecule has 6 nitrogen and oxygen atoms in total. The summed E-state index contributed by atoms with van der Waals surface area (Å²) in [6.07, 6.45) is 0. The normalized spacial score (nSPS) is 21.2. The standard InChI is InChI=1S/C13H13Cl2N3O3/c1-6(2)16-10(19)13(11(20)17-12(21)18-13)7-3-8(14)5-9(15)4-7/h3-6H,1-2H3,(H,16,19)(H2,17,18,20,21). The number of halogens is 2. The highest BCUT2D eigenvalue weighted by molar-refractivity contribution is 6.35. The van der Waals surface area contributed by atoms with Crippen molar-refractivity contribution in [2.75, 3.05) is 0 Å². The molecule has 3 N–H and O–H groups in total. The molecule has 0 bridgehead atoms. The van der Waals surface area contributed by atoms with Crippen LogP contribution in [-0.4, -0.2) is 23.9 Å². The molecule has 1 aromatic rings. The van der Waals surface area contributed by atoms with Crippen LogP contribution >= 0.6 is 23.2 Å². The minimum Gasteiger partial charge on any atom is -0.351 e. The number of urea groups is 1. The second-order valence-corrected chi connectivity index (χ2v) is 5.82. The van der Waals surface area contributed by atoms with Crippen molar-refractivity contribution in [2.24, 2.45) is 0 Å². The molecule has 1 unspecified atom stereocenters. The molecule has 1 heterocycles. The molecule has 1 saturated heterocycles. The minimum atomic E-state index is -1.88. The molecule has 4 amide bonds. The fourth-order valence-corrected chi connectivity index (χ4v) is 2.62. The van der Waals surface area contributed by atoms with E-state index in [0.717, 1.165) is 0 Å². The van der Waals surface area contributed by atoms with Crippen LogP contribution in [0.3, 0.4) is 0 Å². The number of rotatable bonds is 3. The molecule has 0 aromatic heterocycles. The highest BCUT2D eigenvalue weighted by Gasteiger charge is 2.54. The van der Waals surface area contributed by atoms with E-state index in [0.29, 0.717) is 0 Å².